The van der Waals surface area contributed by atoms with Crippen LogP contribution in [0.1, 0.15) is 11.1 Å². The summed E-state index contributed by atoms with van der Waals surface area (Å²) in [4.78, 5) is 24.2. The van der Waals surface area contributed by atoms with Crippen LogP contribution in [0.4, 0.5) is 0 Å². The van der Waals surface area contributed by atoms with Gasteiger partial charge < -0.3 is 26.2 Å². The highest BCUT2D eigenvalue weighted by Crippen LogP contribution is 2.25. The highest BCUT2D eigenvalue weighted by Gasteiger charge is 2.17. The summed E-state index contributed by atoms with van der Waals surface area (Å²) in [6.07, 6.45) is 0.00647. The number of benzene rings is 2. The summed E-state index contributed by atoms with van der Waals surface area (Å²) >= 11 is 6.24. The van der Waals surface area contributed by atoms with Crippen LogP contribution in [0.25, 0.3) is 0 Å². The van der Waals surface area contributed by atoms with Gasteiger partial charge in [0.15, 0.2) is 0 Å². The smallest absolute Gasteiger partial charge is 0.295 e. The van der Waals surface area contributed by atoms with E-state index in [-0.39, 0.29) is 45.9 Å². The molecular weight excluding hydrogens is 704 g/mol. The van der Waals surface area contributed by atoms with Crippen molar-refractivity contribution in [3.05, 3.63) is 56.5 Å². The van der Waals surface area contributed by atoms with E-state index < -0.39 is 21.9 Å². The maximum absolute atomic E-state index is 12.3. The second kappa shape index (κ2) is 16.1. The molecule has 2 rings (SSSR count). The van der Waals surface area contributed by atoms with Gasteiger partial charge in [-0.1, -0.05) is 44.0 Å². The molecule has 0 aliphatic rings. The van der Waals surface area contributed by atoms with Gasteiger partial charge in [0, 0.05) is 41.9 Å². The fraction of sp³-hybridized carbons (Fsp3) is 0.273. The van der Waals surface area contributed by atoms with Gasteiger partial charge in [0.05, 0.1) is 4.47 Å². The summed E-state index contributed by atoms with van der Waals surface area (Å²) in [6, 6.07) is 8.66. The molecule has 0 bridgehead atoms. The van der Waals surface area contributed by atoms with Gasteiger partial charge >= 0.3 is 0 Å². The second-order valence-corrected chi connectivity index (χ2v) is 13.4. The Morgan fingerprint density at radius 2 is 1.28 bits per heavy atom. The van der Waals surface area contributed by atoms with Gasteiger partial charge in [0.2, 0.25) is 0 Å². The number of carbonyl (C=O) groups excluding carboxylic acids is 2. The number of phenolic OH excluding ortho intramolecular Hbond substituents is 1. The van der Waals surface area contributed by atoms with Gasteiger partial charge in [-0.3, -0.25) is 14.1 Å². The molecule has 0 aliphatic heterocycles. The fourth-order valence-electron chi connectivity index (χ4n) is 2.97. The molecule has 0 saturated heterocycles. The van der Waals surface area contributed by atoms with E-state index in [1.54, 1.807) is 12.1 Å². The minimum absolute atomic E-state index is 0.0569. The predicted molar refractivity (Wildman–Crippen MR) is 157 cm³/mol. The van der Waals surface area contributed by atoms with Crippen molar-refractivity contribution in [2.75, 3.05) is 24.6 Å². The van der Waals surface area contributed by atoms with Crippen LogP contribution in [0.15, 0.2) is 60.6 Å². The molecule has 0 spiro atoms. The average Bonchev–Trinajstić information content (AvgIpc) is 2.88. The van der Waals surface area contributed by atoms with Crippen molar-refractivity contribution in [3.63, 3.8) is 0 Å². The zero-order valence-electron chi connectivity index (χ0n) is 20.0. The van der Waals surface area contributed by atoms with Crippen LogP contribution in [0.5, 0.6) is 5.75 Å². The first-order valence-corrected chi connectivity index (χ1v) is 16.4. The summed E-state index contributed by atoms with van der Waals surface area (Å²) < 4.78 is 32.3. The molecule has 2 aromatic rings. The number of aromatic hydroxyl groups is 1. The maximum atomic E-state index is 12.3. The van der Waals surface area contributed by atoms with E-state index in [1.165, 1.54) is 45.9 Å². The number of amides is 2. The van der Waals surface area contributed by atoms with Crippen molar-refractivity contribution < 1.29 is 38.1 Å². The molecule has 0 fully saturated rings. The van der Waals surface area contributed by atoms with Crippen molar-refractivity contribution in [2.45, 2.75) is 17.7 Å². The molecule has 2 amide bonds. The molecule has 0 atom stereocenters. The SMILES string of the molecule is O=C(NCCSSCCNC(=O)/C(Cc1ccc(S(=O)(=O)O)c(Br)c1)=N/O)/C(Cc1ccc(O)c(Br)c1)=N/O. The summed E-state index contributed by atoms with van der Waals surface area (Å²) in [5.74, 6) is 0.0147. The molecule has 0 radical (unpaired) electrons. The zero-order chi connectivity index (χ0) is 29.0. The molecule has 17 heteroatoms. The van der Waals surface area contributed by atoms with Crippen LogP contribution in [0.2, 0.25) is 0 Å². The third kappa shape index (κ3) is 11.0. The number of nitrogens with one attached hydrogen (secondary N) is 2. The Hall–Kier alpha value is -2.31. The molecule has 0 aliphatic carbocycles. The maximum Gasteiger partial charge on any atom is 0.295 e. The normalized spacial score (nSPS) is 12.3. The van der Waals surface area contributed by atoms with Crippen molar-refractivity contribution in [1.82, 2.24) is 10.6 Å². The minimum Gasteiger partial charge on any atom is -0.507 e. The third-order valence-corrected chi connectivity index (χ3v) is 9.69. The molecule has 212 valence electrons. The molecule has 12 nitrogen and oxygen atoms in total. The van der Waals surface area contributed by atoms with Crippen LogP contribution < -0.4 is 10.6 Å². The minimum atomic E-state index is -4.40. The lowest BCUT2D eigenvalue weighted by Gasteiger charge is -2.09. The lowest BCUT2D eigenvalue weighted by atomic mass is 10.1. The molecule has 0 unspecified atom stereocenters. The number of hydrogen-bond acceptors (Lipinski definition) is 11. The number of rotatable bonds is 14. The summed E-state index contributed by atoms with van der Waals surface area (Å²) in [5.41, 5.74) is 0.903. The Bertz CT molecular complexity index is 1360. The van der Waals surface area contributed by atoms with Crippen LogP contribution in [-0.4, -0.2) is 76.3 Å². The van der Waals surface area contributed by atoms with E-state index in [0.29, 0.717) is 33.7 Å². The van der Waals surface area contributed by atoms with E-state index >= 15 is 0 Å². The number of carbonyl (C=O) groups is 2. The molecule has 0 saturated carbocycles. The number of oxime groups is 2. The lowest BCUT2D eigenvalue weighted by molar-refractivity contribution is -0.115. The van der Waals surface area contributed by atoms with Crippen LogP contribution in [0, 0.1) is 0 Å². The summed E-state index contributed by atoms with van der Waals surface area (Å²) in [7, 11) is -1.50. The van der Waals surface area contributed by atoms with Gasteiger partial charge in [0.25, 0.3) is 21.9 Å². The summed E-state index contributed by atoms with van der Waals surface area (Å²) in [5, 5.41) is 39.3. The Morgan fingerprint density at radius 1 is 0.821 bits per heavy atom. The standard InChI is InChI=1S/C22H24Br2N4O8S3/c23-15-9-13(1-3-19(15)29)11-17(27-32)21(30)25-5-7-37-38-8-6-26-22(31)18(28-33)12-14-2-4-20(16(24)10-14)39(34,35)36/h1-4,9-10,29,32-33H,5-8,11-12H2,(H,25,30)(H,26,31)(H,34,35,36)/b27-17+,28-18+. The zero-order valence-corrected chi connectivity index (χ0v) is 25.6. The van der Waals surface area contributed by atoms with Gasteiger partial charge in [-0.15, -0.1) is 0 Å². The highest BCUT2D eigenvalue weighted by molar-refractivity contribution is 9.10. The van der Waals surface area contributed by atoms with E-state index in [2.05, 4.69) is 52.8 Å². The quantitative estimate of drug-likeness (QED) is 0.0420. The number of hydrogen-bond donors (Lipinski definition) is 6. The van der Waals surface area contributed by atoms with E-state index in [9.17, 15) is 33.5 Å². The fourth-order valence-corrected chi connectivity index (χ4v) is 6.79. The molecule has 39 heavy (non-hydrogen) atoms. The number of phenols is 1. The average molecular weight is 728 g/mol. The second-order valence-electron chi connectivity index (χ2n) is 7.63. The first-order valence-electron chi connectivity index (χ1n) is 10.9. The Morgan fingerprint density at radius 3 is 1.69 bits per heavy atom. The van der Waals surface area contributed by atoms with E-state index in [1.807, 2.05) is 0 Å². The van der Waals surface area contributed by atoms with Crippen molar-refractivity contribution in [3.8, 4) is 5.75 Å². The Balaban J connectivity index is 1.66. The van der Waals surface area contributed by atoms with Gasteiger partial charge in [-0.2, -0.15) is 8.42 Å². The molecule has 6 N–H and O–H groups in total. The van der Waals surface area contributed by atoms with Gasteiger partial charge in [0.1, 0.15) is 22.1 Å². The van der Waals surface area contributed by atoms with Gasteiger partial charge in [-0.25, -0.2) is 0 Å². The lowest BCUT2D eigenvalue weighted by Crippen LogP contribution is -2.34. The van der Waals surface area contributed by atoms with Crippen LogP contribution in [-0.2, 0) is 32.5 Å². The van der Waals surface area contributed by atoms with Crippen molar-refractivity contribution >= 4 is 86.8 Å². The molecule has 0 heterocycles. The van der Waals surface area contributed by atoms with Crippen molar-refractivity contribution in [2.24, 2.45) is 10.3 Å². The Labute approximate surface area is 249 Å². The number of nitrogens with zero attached hydrogens (tertiary/aromatic N) is 2. The van der Waals surface area contributed by atoms with E-state index in [0.717, 1.165) is 0 Å². The van der Waals surface area contributed by atoms with E-state index in [4.69, 9.17) is 4.55 Å². The largest absolute Gasteiger partial charge is 0.507 e. The molecule has 2 aromatic carbocycles. The highest BCUT2D eigenvalue weighted by atomic mass is 79.9. The molecular formula is C22H24Br2N4O8S3. The molecule has 0 aromatic heterocycles. The monoisotopic (exact) mass is 726 g/mol. The first-order chi connectivity index (χ1) is 18.5. The topological polar surface area (TPSA) is 198 Å². The Kier molecular flexibility index (Phi) is 13.6. The van der Waals surface area contributed by atoms with Gasteiger partial charge in [-0.05, 0) is 67.3 Å². The summed E-state index contributed by atoms with van der Waals surface area (Å²) in [6.45, 7) is 0.588. The third-order valence-electron chi connectivity index (χ3n) is 4.82. The van der Waals surface area contributed by atoms with Crippen molar-refractivity contribution in [1.29, 1.82) is 0 Å². The first kappa shape index (κ1) is 32.9. The van der Waals surface area contributed by atoms with Crippen LogP contribution >= 0.6 is 53.4 Å². The number of halogens is 2. The predicted octanol–water partition coefficient (Wildman–Crippen LogP) is 3.22. The van der Waals surface area contributed by atoms with Crippen LogP contribution in [0.3, 0.4) is 0 Å².